The monoisotopic (exact) mass is 243 g/mol. The molecule has 1 aliphatic rings. The molecule has 4 nitrogen and oxygen atoms in total. The Hall–Kier alpha value is -1.84. The van der Waals surface area contributed by atoms with E-state index in [2.05, 4.69) is 34.2 Å². The van der Waals surface area contributed by atoms with E-state index in [0.717, 1.165) is 18.7 Å². The van der Waals surface area contributed by atoms with Crippen LogP contribution in [0.5, 0.6) is 0 Å². The molecule has 2 aromatic rings. The van der Waals surface area contributed by atoms with Crippen LogP contribution in [0.15, 0.2) is 22.6 Å². The summed E-state index contributed by atoms with van der Waals surface area (Å²) in [5, 5.41) is 7.96. The largest absolute Gasteiger partial charge is 0.421 e. The molecular weight excluding hydrogens is 226 g/mol. The second-order valence-corrected chi connectivity index (χ2v) is 4.82. The maximum absolute atomic E-state index is 5.49. The molecule has 0 aliphatic carbocycles. The number of benzene rings is 1. The van der Waals surface area contributed by atoms with E-state index in [1.807, 2.05) is 13.0 Å². The Labute approximate surface area is 107 Å². The summed E-state index contributed by atoms with van der Waals surface area (Å²) < 4.78 is 5.49. The van der Waals surface area contributed by atoms with Crippen molar-refractivity contribution in [1.82, 2.24) is 10.2 Å². The number of anilines is 1. The average molecular weight is 243 g/mol. The van der Waals surface area contributed by atoms with Crippen molar-refractivity contribution in [1.29, 1.82) is 0 Å². The van der Waals surface area contributed by atoms with Crippen LogP contribution >= 0.6 is 0 Å². The summed E-state index contributed by atoms with van der Waals surface area (Å²) in [7, 11) is 0. The van der Waals surface area contributed by atoms with E-state index < -0.39 is 0 Å². The molecule has 2 heterocycles. The lowest BCUT2D eigenvalue weighted by atomic mass is 10.1. The molecule has 1 aromatic heterocycles. The number of rotatable bonds is 2. The standard InChI is InChI=1S/C14H17N3O/c1-10-5-6-12(14-16-15-11(2)18-14)9-13(10)17-7-3-4-8-17/h5-6,9H,3-4,7-8H2,1-2H3. The number of aryl methyl sites for hydroxylation is 2. The Morgan fingerprint density at radius 1 is 1.11 bits per heavy atom. The molecule has 0 bridgehead atoms. The van der Waals surface area contributed by atoms with Gasteiger partial charge in [0.25, 0.3) is 0 Å². The first-order valence-electron chi connectivity index (χ1n) is 6.40. The molecule has 0 atom stereocenters. The van der Waals surface area contributed by atoms with Gasteiger partial charge in [-0.25, -0.2) is 0 Å². The molecule has 1 saturated heterocycles. The van der Waals surface area contributed by atoms with Gasteiger partial charge in [0.1, 0.15) is 0 Å². The molecule has 94 valence electrons. The van der Waals surface area contributed by atoms with Crippen molar-refractivity contribution in [3.05, 3.63) is 29.7 Å². The van der Waals surface area contributed by atoms with E-state index in [-0.39, 0.29) is 0 Å². The maximum Gasteiger partial charge on any atom is 0.247 e. The first kappa shape index (κ1) is 11.3. The highest BCUT2D eigenvalue weighted by atomic mass is 16.4. The Morgan fingerprint density at radius 2 is 1.89 bits per heavy atom. The van der Waals surface area contributed by atoms with Crippen molar-refractivity contribution in [2.24, 2.45) is 0 Å². The quantitative estimate of drug-likeness (QED) is 0.813. The third kappa shape index (κ3) is 1.98. The van der Waals surface area contributed by atoms with E-state index in [9.17, 15) is 0 Å². The third-order valence-electron chi connectivity index (χ3n) is 3.43. The van der Waals surface area contributed by atoms with Crippen molar-refractivity contribution >= 4 is 5.69 Å². The summed E-state index contributed by atoms with van der Waals surface area (Å²) >= 11 is 0. The first-order valence-corrected chi connectivity index (χ1v) is 6.40. The minimum atomic E-state index is 0.605. The fraction of sp³-hybridized carbons (Fsp3) is 0.429. The first-order chi connectivity index (χ1) is 8.74. The molecule has 3 rings (SSSR count). The predicted molar refractivity (Wildman–Crippen MR) is 70.7 cm³/mol. The Balaban J connectivity index is 1.99. The summed E-state index contributed by atoms with van der Waals surface area (Å²) in [5.74, 6) is 1.21. The molecule has 1 aliphatic heterocycles. The van der Waals surface area contributed by atoms with Crippen LogP contribution in [0.2, 0.25) is 0 Å². The smallest absolute Gasteiger partial charge is 0.247 e. The number of hydrogen-bond acceptors (Lipinski definition) is 4. The normalized spacial score (nSPS) is 15.3. The van der Waals surface area contributed by atoms with Crippen LogP contribution in [-0.2, 0) is 0 Å². The average Bonchev–Trinajstić information content (AvgIpc) is 3.01. The molecule has 1 fully saturated rings. The molecule has 18 heavy (non-hydrogen) atoms. The Morgan fingerprint density at radius 3 is 2.56 bits per heavy atom. The van der Waals surface area contributed by atoms with Crippen molar-refractivity contribution < 1.29 is 4.42 Å². The Bertz CT molecular complexity index is 556. The van der Waals surface area contributed by atoms with Crippen molar-refractivity contribution in [2.45, 2.75) is 26.7 Å². The van der Waals surface area contributed by atoms with E-state index in [1.165, 1.54) is 24.1 Å². The SMILES string of the molecule is Cc1nnc(-c2ccc(C)c(N3CCCC3)c2)o1. The van der Waals surface area contributed by atoms with Crippen LogP contribution in [0.1, 0.15) is 24.3 Å². The molecule has 0 radical (unpaired) electrons. The summed E-state index contributed by atoms with van der Waals surface area (Å²) in [6.07, 6.45) is 2.56. The van der Waals surface area contributed by atoms with Gasteiger partial charge < -0.3 is 9.32 Å². The van der Waals surface area contributed by atoms with Gasteiger partial charge in [0.15, 0.2) is 0 Å². The molecule has 0 spiro atoms. The molecule has 0 saturated carbocycles. The third-order valence-corrected chi connectivity index (χ3v) is 3.43. The van der Waals surface area contributed by atoms with Crippen LogP contribution in [0.4, 0.5) is 5.69 Å². The molecule has 1 aromatic carbocycles. The molecule has 0 amide bonds. The number of aromatic nitrogens is 2. The lowest BCUT2D eigenvalue weighted by molar-refractivity contribution is 0.533. The van der Waals surface area contributed by atoms with E-state index in [0.29, 0.717) is 11.8 Å². The Kier molecular flexibility index (Phi) is 2.78. The van der Waals surface area contributed by atoms with Gasteiger partial charge in [-0.05, 0) is 37.5 Å². The highest BCUT2D eigenvalue weighted by molar-refractivity contribution is 5.65. The summed E-state index contributed by atoms with van der Waals surface area (Å²) in [6, 6.07) is 6.33. The summed E-state index contributed by atoms with van der Waals surface area (Å²) in [5.41, 5.74) is 3.60. The van der Waals surface area contributed by atoms with Crippen LogP contribution in [-0.4, -0.2) is 23.3 Å². The number of nitrogens with zero attached hydrogens (tertiary/aromatic N) is 3. The fourth-order valence-corrected chi connectivity index (χ4v) is 2.45. The minimum Gasteiger partial charge on any atom is -0.421 e. The lowest BCUT2D eigenvalue weighted by Gasteiger charge is -2.20. The summed E-state index contributed by atoms with van der Waals surface area (Å²) in [4.78, 5) is 2.43. The predicted octanol–water partition coefficient (Wildman–Crippen LogP) is 2.95. The van der Waals surface area contributed by atoms with E-state index in [1.54, 1.807) is 0 Å². The van der Waals surface area contributed by atoms with Crippen LogP contribution < -0.4 is 4.90 Å². The highest BCUT2D eigenvalue weighted by Gasteiger charge is 2.16. The van der Waals surface area contributed by atoms with Gasteiger partial charge in [-0.1, -0.05) is 6.07 Å². The zero-order valence-corrected chi connectivity index (χ0v) is 10.8. The molecule has 0 unspecified atom stereocenters. The summed E-state index contributed by atoms with van der Waals surface area (Å²) in [6.45, 7) is 6.25. The van der Waals surface area contributed by atoms with Gasteiger partial charge in [0.2, 0.25) is 11.8 Å². The van der Waals surface area contributed by atoms with Crippen LogP contribution in [0.25, 0.3) is 11.5 Å². The lowest BCUT2D eigenvalue weighted by Crippen LogP contribution is -2.18. The fourth-order valence-electron chi connectivity index (χ4n) is 2.45. The van der Waals surface area contributed by atoms with Crippen molar-refractivity contribution in [3.63, 3.8) is 0 Å². The van der Waals surface area contributed by atoms with Gasteiger partial charge in [-0.2, -0.15) is 0 Å². The molecule has 0 N–H and O–H groups in total. The van der Waals surface area contributed by atoms with Crippen molar-refractivity contribution in [3.8, 4) is 11.5 Å². The maximum atomic E-state index is 5.49. The van der Waals surface area contributed by atoms with Gasteiger partial charge in [0.05, 0.1) is 0 Å². The molecule has 4 heteroatoms. The van der Waals surface area contributed by atoms with Gasteiger partial charge in [-0.3, -0.25) is 0 Å². The second kappa shape index (κ2) is 4.44. The van der Waals surface area contributed by atoms with Gasteiger partial charge in [0, 0.05) is 31.3 Å². The van der Waals surface area contributed by atoms with Gasteiger partial charge in [-0.15, -0.1) is 10.2 Å². The van der Waals surface area contributed by atoms with Crippen molar-refractivity contribution in [2.75, 3.05) is 18.0 Å². The van der Waals surface area contributed by atoms with Crippen LogP contribution in [0, 0.1) is 13.8 Å². The molecular formula is C14H17N3O. The van der Waals surface area contributed by atoms with E-state index in [4.69, 9.17) is 4.42 Å². The highest BCUT2D eigenvalue weighted by Crippen LogP contribution is 2.29. The topological polar surface area (TPSA) is 42.2 Å². The minimum absolute atomic E-state index is 0.605. The van der Waals surface area contributed by atoms with Crippen LogP contribution in [0.3, 0.4) is 0 Å². The second-order valence-electron chi connectivity index (χ2n) is 4.82. The zero-order valence-electron chi connectivity index (χ0n) is 10.8. The number of hydrogen-bond donors (Lipinski definition) is 0. The van der Waals surface area contributed by atoms with E-state index >= 15 is 0 Å². The van der Waals surface area contributed by atoms with Gasteiger partial charge >= 0.3 is 0 Å². The zero-order chi connectivity index (χ0) is 12.5.